The Morgan fingerprint density at radius 2 is 2.29 bits per heavy atom. The second-order valence-corrected chi connectivity index (χ2v) is 3.32. The van der Waals surface area contributed by atoms with Crippen molar-refractivity contribution in [1.29, 1.82) is 5.26 Å². The molecular formula is C12H11NO. The van der Waals surface area contributed by atoms with Gasteiger partial charge in [-0.3, -0.25) is 0 Å². The summed E-state index contributed by atoms with van der Waals surface area (Å²) in [5.41, 5.74) is 4.32. The summed E-state index contributed by atoms with van der Waals surface area (Å²) >= 11 is 0. The van der Waals surface area contributed by atoms with Crippen LogP contribution in [-0.2, 0) is 11.2 Å². The number of hydrogen-bond acceptors (Lipinski definition) is 2. The molecule has 14 heavy (non-hydrogen) atoms. The quantitative estimate of drug-likeness (QED) is 0.630. The van der Waals surface area contributed by atoms with Crippen LogP contribution in [0.5, 0.6) is 0 Å². The van der Waals surface area contributed by atoms with Gasteiger partial charge in [-0.2, -0.15) is 5.26 Å². The zero-order valence-electron chi connectivity index (χ0n) is 8.08. The number of nitriles is 1. The van der Waals surface area contributed by atoms with Crippen LogP contribution in [0, 0.1) is 11.3 Å². The van der Waals surface area contributed by atoms with E-state index < -0.39 is 0 Å². The van der Waals surface area contributed by atoms with E-state index in [9.17, 15) is 0 Å². The maximum atomic E-state index is 8.92. The van der Waals surface area contributed by atoms with Crippen LogP contribution in [-0.4, -0.2) is 7.11 Å². The molecular weight excluding hydrogens is 174 g/mol. The third-order valence-electron chi connectivity index (χ3n) is 2.55. The molecule has 0 fully saturated rings. The van der Waals surface area contributed by atoms with Crippen LogP contribution < -0.4 is 0 Å². The number of hydrogen-bond donors (Lipinski definition) is 0. The van der Waals surface area contributed by atoms with Gasteiger partial charge in [-0.15, -0.1) is 0 Å². The zero-order chi connectivity index (χ0) is 9.97. The number of methoxy groups -OCH3 is 1. The van der Waals surface area contributed by atoms with Gasteiger partial charge in [0.1, 0.15) is 0 Å². The molecule has 0 radical (unpaired) electrons. The van der Waals surface area contributed by atoms with Crippen LogP contribution in [0.15, 0.2) is 24.5 Å². The molecule has 1 aromatic carbocycles. The second kappa shape index (κ2) is 3.55. The average Bonchev–Trinajstić information content (AvgIpc) is 2.62. The lowest BCUT2D eigenvalue weighted by Crippen LogP contribution is -1.86. The molecule has 2 nitrogen and oxygen atoms in total. The van der Waals surface area contributed by atoms with Crippen molar-refractivity contribution in [1.82, 2.24) is 0 Å². The number of ether oxygens (including phenoxy) is 1. The molecule has 0 aromatic heterocycles. The van der Waals surface area contributed by atoms with Gasteiger partial charge in [0, 0.05) is 0 Å². The Hall–Kier alpha value is -1.75. The minimum atomic E-state index is 0.794. The Morgan fingerprint density at radius 1 is 1.43 bits per heavy atom. The number of fused-ring (bicyclic) bond motifs is 1. The summed E-state index contributed by atoms with van der Waals surface area (Å²) in [6.07, 6.45) is 3.70. The van der Waals surface area contributed by atoms with E-state index in [0.717, 1.165) is 18.4 Å². The van der Waals surface area contributed by atoms with Crippen LogP contribution in [0.25, 0.3) is 5.57 Å². The molecule has 0 aliphatic heterocycles. The molecule has 0 bridgehead atoms. The van der Waals surface area contributed by atoms with Crippen LogP contribution in [0.2, 0.25) is 0 Å². The van der Waals surface area contributed by atoms with E-state index in [0.29, 0.717) is 0 Å². The van der Waals surface area contributed by atoms with Gasteiger partial charge in [-0.25, -0.2) is 0 Å². The predicted octanol–water partition coefficient (Wildman–Crippen LogP) is 2.49. The first-order valence-electron chi connectivity index (χ1n) is 4.61. The molecule has 2 rings (SSSR count). The Labute approximate surface area is 83.4 Å². The third-order valence-corrected chi connectivity index (χ3v) is 2.55. The number of rotatable bonds is 1. The first-order valence-corrected chi connectivity index (χ1v) is 4.61. The molecule has 0 amide bonds. The third kappa shape index (κ3) is 1.27. The minimum Gasteiger partial charge on any atom is -0.504 e. The molecule has 0 saturated carbocycles. The molecule has 0 heterocycles. The Morgan fingerprint density at radius 3 is 3.00 bits per heavy atom. The van der Waals surface area contributed by atoms with E-state index in [2.05, 4.69) is 6.07 Å². The summed E-state index contributed by atoms with van der Waals surface area (Å²) in [5, 5.41) is 8.92. The highest BCUT2D eigenvalue weighted by molar-refractivity contribution is 5.73. The van der Waals surface area contributed by atoms with Crippen LogP contribution >= 0.6 is 0 Å². The van der Waals surface area contributed by atoms with Gasteiger partial charge in [0.25, 0.3) is 0 Å². The normalized spacial score (nSPS) is 16.4. The largest absolute Gasteiger partial charge is 0.504 e. The van der Waals surface area contributed by atoms with E-state index >= 15 is 0 Å². The summed E-state index contributed by atoms with van der Waals surface area (Å²) in [7, 11) is 1.65. The highest BCUT2D eigenvalue weighted by Gasteiger charge is 2.18. The van der Waals surface area contributed by atoms with Crippen molar-refractivity contribution >= 4 is 5.57 Å². The van der Waals surface area contributed by atoms with E-state index in [4.69, 9.17) is 10.00 Å². The molecule has 0 unspecified atom stereocenters. The SMILES string of the molecule is COC=C1CCc2c(C#N)cccc21. The molecule has 1 aromatic rings. The number of benzene rings is 1. The van der Waals surface area contributed by atoms with Gasteiger partial charge in [0.2, 0.25) is 0 Å². The van der Waals surface area contributed by atoms with E-state index in [1.807, 2.05) is 18.2 Å². The van der Waals surface area contributed by atoms with Gasteiger partial charge in [-0.05, 0) is 35.6 Å². The summed E-state index contributed by atoms with van der Waals surface area (Å²) in [5.74, 6) is 0. The van der Waals surface area contributed by atoms with E-state index in [1.165, 1.54) is 16.7 Å². The summed E-state index contributed by atoms with van der Waals surface area (Å²) in [6, 6.07) is 8.06. The monoisotopic (exact) mass is 185 g/mol. The van der Waals surface area contributed by atoms with E-state index in [-0.39, 0.29) is 0 Å². The average molecular weight is 185 g/mol. The van der Waals surface area contributed by atoms with Crippen molar-refractivity contribution in [3.05, 3.63) is 41.2 Å². The van der Waals surface area contributed by atoms with Crippen molar-refractivity contribution in [2.75, 3.05) is 7.11 Å². The second-order valence-electron chi connectivity index (χ2n) is 3.32. The standard InChI is InChI=1S/C12H11NO/c1-14-8-10-5-6-12-9(7-13)3-2-4-11(10)12/h2-4,8H,5-6H2,1H3. The number of allylic oxidation sites excluding steroid dienone is 1. The topological polar surface area (TPSA) is 33.0 Å². The van der Waals surface area contributed by atoms with Crippen molar-refractivity contribution in [3.8, 4) is 6.07 Å². The molecule has 0 N–H and O–H groups in total. The summed E-state index contributed by atoms with van der Waals surface area (Å²) in [6.45, 7) is 0. The van der Waals surface area contributed by atoms with Gasteiger partial charge < -0.3 is 4.74 Å². The van der Waals surface area contributed by atoms with Crippen LogP contribution in [0.3, 0.4) is 0 Å². The van der Waals surface area contributed by atoms with Crippen molar-refractivity contribution in [2.24, 2.45) is 0 Å². The smallest absolute Gasteiger partial charge is 0.0994 e. The van der Waals surface area contributed by atoms with E-state index in [1.54, 1.807) is 13.4 Å². The maximum Gasteiger partial charge on any atom is 0.0994 e. The van der Waals surface area contributed by atoms with Crippen molar-refractivity contribution < 1.29 is 4.74 Å². The first-order chi connectivity index (χ1) is 6.86. The highest BCUT2D eigenvalue weighted by atomic mass is 16.5. The fourth-order valence-corrected chi connectivity index (χ4v) is 1.92. The molecule has 0 saturated heterocycles. The van der Waals surface area contributed by atoms with Gasteiger partial charge in [-0.1, -0.05) is 12.1 Å². The van der Waals surface area contributed by atoms with Gasteiger partial charge in [0.15, 0.2) is 0 Å². The highest BCUT2D eigenvalue weighted by Crippen LogP contribution is 2.33. The van der Waals surface area contributed by atoms with Crippen molar-refractivity contribution in [2.45, 2.75) is 12.8 Å². The minimum absolute atomic E-state index is 0.794. The molecule has 1 aliphatic rings. The molecule has 70 valence electrons. The Kier molecular flexibility index (Phi) is 2.24. The van der Waals surface area contributed by atoms with Crippen LogP contribution in [0.4, 0.5) is 0 Å². The van der Waals surface area contributed by atoms with Gasteiger partial charge in [0.05, 0.1) is 25.0 Å². The zero-order valence-corrected chi connectivity index (χ0v) is 8.08. The van der Waals surface area contributed by atoms with Crippen LogP contribution in [0.1, 0.15) is 23.1 Å². The Balaban J connectivity index is 2.53. The van der Waals surface area contributed by atoms with Gasteiger partial charge >= 0.3 is 0 Å². The number of nitrogens with zero attached hydrogens (tertiary/aromatic N) is 1. The van der Waals surface area contributed by atoms with Crippen molar-refractivity contribution in [3.63, 3.8) is 0 Å². The molecule has 0 atom stereocenters. The predicted molar refractivity (Wildman–Crippen MR) is 54.5 cm³/mol. The molecule has 0 spiro atoms. The lowest BCUT2D eigenvalue weighted by molar-refractivity contribution is 0.339. The summed E-state index contributed by atoms with van der Waals surface area (Å²) < 4.78 is 5.01. The lowest BCUT2D eigenvalue weighted by Gasteiger charge is -2.01. The fourth-order valence-electron chi connectivity index (χ4n) is 1.92. The molecule has 2 heteroatoms. The fraction of sp³-hybridized carbons (Fsp3) is 0.250. The first kappa shape index (κ1) is 8.83. The molecule has 1 aliphatic carbocycles. The summed E-state index contributed by atoms with van der Waals surface area (Å²) in [4.78, 5) is 0. The maximum absolute atomic E-state index is 8.92. The Bertz CT molecular complexity index is 426. The lowest BCUT2D eigenvalue weighted by atomic mass is 10.0.